The zero-order valence-corrected chi connectivity index (χ0v) is 71.7. The second-order valence-electron chi connectivity index (χ2n) is 39.7. The zero-order valence-electron chi connectivity index (χ0n) is 71.7. The Balaban J connectivity index is 0.000000258. The van der Waals surface area contributed by atoms with Gasteiger partial charge in [-0.1, -0.05) is 310 Å². The van der Waals surface area contributed by atoms with Gasteiger partial charge in [-0.05, 0) is 248 Å². The Kier molecular flexibility index (Phi) is 26.9. The molecule has 0 aliphatic carbocycles. The molecule has 0 atom stereocenters. The molecule has 3 heteroatoms. The van der Waals surface area contributed by atoms with Crippen molar-refractivity contribution in [2.45, 2.75) is 338 Å². The fourth-order valence-corrected chi connectivity index (χ4v) is 14.3. The molecule has 0 fully saturated rings. The smallest absolute Gasteiger partial charge is 0.131 e. The average molecular weight is 1350 g/mol. The van der Waals surface area contributed by atoms with Gasteiger partial charge in [0.1, 0.15) is 5.82 Å². The van der Waals surface area contributed by atoms with Crippen molar-refractivity contribution in [2.24, 2.45) is 0 Å². The molecule has 2 heterocycles. The molecule has 0 radical (unpaired) electrons. The second-order valence-corrected chi connectivity index (χ2v) is 39.7. The molecule has 0 spiro atoms. The fraction of sp³-hybridized carbons (Fsp3) is 0.526. The third-order valence-corrected chi connectivity index (χ3v) is 19.8. The Morgan fingerprint density at radius 1 is 0.240 bits per heavy atom. The van der Waals surface area contributed by atoms with Gasteiger partial charge in [0.05, 0.1) is 11.0 Å². The van der Waals surface area contributed by atoms with E-state index in [1.165, 1.54) is 116 Å². The summed E-state index contributed by atoms with van der Waals surface area (Å²) >= 11 is 0. The predicted octanol–water partition coefficient (Wildman–Crippen LogP) is 28.9. The average Bonchev–Trinajstić information content (AvgIpc) is 0.758. The van der Waals surface area contributed by atoms with Crippen LogP contribution in [0.5, 0.6) is 0 Å². The summed E-state index contributed by atoms with van der Waals surface area (Å²) in [5.74, 6) is -0.0267. The lowest BCUT2D eigenvalue weighted by Crippen LogP contribution is -2.22. The lowest BCUT2D eigenvalue weighted by molar-refractivity contribution is 0.483. The standard InChI is InChI=1S/C19H25F.2C19H27N.C16H26.C13H20.C11H16/c1-12-13-10-8-9-11-14(13)16(19(5,6)7)17(20)15(12)18(2,3)4;2*1-12-9-10-14-13(2)15(18(3,4)5)11-16(17(14)20-12)19(6,7)8;1-11-9-13(15(3,4)5)10-14(12(11)2)16(6,7)8;1-9-7-10(2)11(3)12(8-9)13(4,5)6;1-9-7-5-6-8-10(9)11(2,3)4/h8-11H,1-7H3;2*9-11H,1-8H3;9-10H,1-8H3;7-8H,1-6H3;5-8H,1-4H3. The van der Waals surface area contributed by atoms with Crippen LogP contribution in [0.25, 0.3) is 32.6 Å². The minimum Gasteiger partial charge on any atom is -0.253 e. The quantitative estimate of drug-likeness (QED) is 0.151. The number of aromatic nitrogens is 2. The van der Waals surface area contributed by atoms with Gasteiger partial charge in [0, 0.05) is 27.7 Å². The van der Waals surface area contributed by atoms with Gasteiger partial charge in [-0.25, -0.2) is 4.39 Å². The van der Waals surface area contributed by atoms with Crippen LogP contribution in [0.4, 0.5) is 4.39 Å². The van der Waals surface area contributed by atoms with Crippen LogP contribution in [0.1, 0.15) is 325 Å². The molecule has 0 saturated carbocycles. The van der Waals surface area contributed by atoms with E-state index in [2.05, 4.69) is 368 Å². The largest absolute Gasteiger partial charge is 0.253 e. The van der Waals surface area contributed by atoms with Crippen molar-refractivity contribution in [1.29, 1.82) is 0 Å². The topological polar surface area (TPSA) is 25.8 Å². The molecule has 0 aliphatic rings. The number of hydrogen-bond acceptors (Lipinski definition) is 2. The highest BCUT2D eigenvalue weighted by molar-refractivity contribution is 5.91. The van der Waals surface area contributed by atoms with Gasteiger partial charge in [0.15, 0.2) is 0 Å². The van der Waals surface area contributed by atoms with Gasteiger partial charge >= 0.3 is 0 Å². The molecule has 0 amide bonds. The van der Waals surface area contributed by atoms with Gasteiger partial charge in [-0.2, -0.15) is 0 Å². The lowest BCUT2D eigenvalue weighted by atomic mass is 9.75. The van der Waals surface area contributed by atoms with E-state index in [0.29, 0.717) is 0 Å². The molecule has 7 aromatic carbocycles. The maximum absolute atomic E-state index is 15.3. The number of benzene rings is 7. The van der Waals surface area contributed by atoms with Crippen LogP contribution in [0, 0.1) is 82.0 Å². The van der Waals surface area contributed by atoms with Gasteiger partial charge in [0.2, 0.25) is 0 Å². The number of fused-ring (bicyclic) bond motifs is 3. The summed E-state index contributed by atoms with van der Waals surface area (Å²) in [4.78, 5) is 9.65. The molecule has 9 rings (SSSR count). The highest BCUT2D eigenvalue weighted by Gasteiger charge is 2.32. The van der Waals surface area contributed by atoms with Crippen molar-refractivity contribution < 1.29 is 4.39 Å². The highest BCUT2D eigenvalue weighted by Crippen LogP contribution is 2.43. The third-order valence-electron chi connectivity index (χ3n) is 19.8. The maximum Gasteiger partial charge on any atom is 0.131 e. The van der Waals surface area contributed by atoms with Crippen LogP contribution in [0.3, 0.4) is 0 Å². The summed E-state index contributed by atoms with van der Waals surface area (Å²) in [6, 6.07) is 39.5. The van der Waals surface area contributed by atoms with E-state index >= 15 is 4.39 Å². The zero-order chi connectivity index (χ0) is 77.3. The Morgan fingerprint density at radius 3 is 0.910 bits per heavy atom. The lowest BCUT2D eigenvalue weighted by Gasteiger charge is -2.30. The first-order valence-electron chi connectivity index (χ1n) is 37.3. The van der Waals surface area contributed by atoms with Crippen LogP contribution in [-0.4, -0.2) is 9.97 Å². The van der Waals surface area contributed by atoms with E-state index in [-0.39, 0.29) is 60.0 Å². The van der Waals surface area contributed by atoms with Gasteiger partial charge in [-0.3, -0.25) is 9.97 Å². The van der Waals surface area contributed by atoms with Crippen molar-refractivity contribution in [3.05, 3.63) is 232 Å². The number of halogens is 1. The van der Waals surface area contributed by atoms with E-state index in [9.17, 15) is 0 Å². The number of rotatable bonds is 0. The highest BCUT2D eigenvalue weighted by atomic mass is 19.1. The molecule has 0 aliphatic heterocycles. The molecule has 0 unspecified atom stereocenters. The van der Waals surface area contributed by atoms with Crippen LogP contribution in [0.15, 0.2) is 109 Å². The van der Waals surface area contributed by atoms with Crippen molar-refractivity contribution >= 4 is 32.6 Å². The maximum atomic E-state index is 15.3. The van der Waals surface area contributed by atoms with E-state index in [1.54, 1.807) is 0 Å². The predicted molar refractivity (Wildman–Crippen MR) is 446 cm³/mol. The Hall–Kier alpha value is -6.45. The number of hydrogen-bond donors (Lipinski definition) is 0. The molecule has 100 heavy (non-hydrogen) atoms. The molecule has 2 nitrogen and oxygen atoms in total. The minimum absolute atomic E-state index is 0.0267. The summed E-state index contributed by atoms with van der Waals surface area (Å²) in [7, 11) is 0. The fourth-order valence-electron chi connectivity index (χ4n) is 14.3. The van der Waals surface area contributed by atoms with Crippen molar-refractivity contribution in [3.63, 3.8) is 0 Å². The minimum atomic E-state index is -0.211. The summed E-state index contributed by atoms with van der Waals surface area (Å²) in [5, 5.41) is 4.81. The van der Waals surface area contributed by atoms with Crippen LogP contribution >= 0.6 is 0 Å². The first-order chi connectivity index (χ1) is 44.9. The third kappa shape index (κ3) is 21.8. The van der Waals surface area contributed by atoms with Crippen molar-refractivity contribution in [2.75, 3.05) is 0 Å². The molecule has 0 bridgehead atoms. The monoisotopic (exact) mass is 1350 g/mol. The van der Waals surface area contributed by atoms with E-state index < -0.39 is 0 Å². The summed E-state index contributed by atoms with van der Waals surface area (Å²) in [6.07, 6.45) is 0. The SMILES string of the molecule is Cc1c(C(C)(C)C)c(F)c(C(C)(C)C)c2ccccc12.Cc1cc(C(C)(C)C)cc(C(C)(C)C)c1C.Cc1cc(C)c(C)c(C(C)(C)C)c1.Cc1ccc2c(C)c(C(C)(C)C)cc(C(C)(C)C)c2n1.Cc1ccc2c(C)c(C(C)(C)C)cc(C(C)(C)C)c2n1.Cc1ccccc1C(C)(C)C. The number of aryl methyl sites for hydroxylation is 9. The molecular weight excluding hydrogens is 1210 g/mol. The molecular formula is C97H141FN2. The van der Waals surface area contributed by atoms with Gasteiger partial charge in [0.25, 0.3) is 0 Å². The molecule has 9 aromatic rings. The van der Waals surface area contributed by atoms with Crippen molar-refractivity contribution in [3.8, 4) is 0 Å². The van der Waals surface area contributed by atoms with E-state index in [1.807, 2.05) is 25.1 Å². The normalized spacial score (nSPS) is 12.7. The Bertz CT molecular complexity index is 4190. The van der Waals surface area contributed by atoms with Crippen LogP contribution in [-0.2, 0) is 54.1 Å². The van der Waals surface area contributed by atoms with Gasteiger partial charge < -0.3 is 0 Å². The summed E-state index contributed by atoms with van der Waals surface area (Å²) < 4.78 is 15.3. The molecule has 0 saturated heterocycles. The molecule has 546 valence electrons. The second kappa shape index (κ2) is 31.3. The van der Waals surface area contributed by atoms with Crippen molar-refractivity contribution in [1.82, 2.24) is 9.97 Å². The summed E-state index contributed by atoms with van der Waals surface area (Å²) in [5.41, 5.74) is 31.0. The molecule has 0 N–H and O–H groups in total. The van der Waals surface area contributed by atoms with Crippen LogP contribution < -0.4 is 0 Å². The van der Waals surface area contributed by atoms with E-state index in [0.717, 1.165) is 33.5 Å². The van der Waals surface area contributed by atoms with E-state index in [4.69, 9.17) is 9.97 Å². The number of nitrogens with zero attached hydrogens (tertiary/aromatic N) is 2. The Morgan fingerprint density at radius 2 is 0.570 bits per heavy atom. The van der Waals surface area contributed by atoms with Crippen LogP contribution in [0.2, 0.25) is 0 Å². The molecule has 2 aromatic heterocycles. The first-order valence-corrected chi connectivity index (χ1v) is 37.3. The number of pyridine rings is 2. The first kappa shape index (κ1) is 86.0. The Labute approximate surface area is 613 Å². The van der Waals surface area contributed by atoms with Gasteiger partial charge in [-0.15, -0.1) is 0 Å². The summed E-state index contributed by atoms with van der Waals surface area (Å²) in [6.45, 7) is 91.0.